The van der Waals surface area contributed by atoms with E-state index in [0.29, 0.717) is 0 Å². The second-order valence-electron chi connectivity index (χ2n) is 2.97. The van der Waals surface area contributed by atoms with Crippen molar-refractivity contribution in [2.75, 3.05) is 6.61 Å². The number of aliphatic hydroxyl groups is 2. The third kappa shape index (κ3) is 3.01. The molecule has 2 heteroatoms. The minimum atomic E-state index is -0.764. The fraction of sp³-hybridized carbons (Fsp3) is 0.273. The lowest BCUT2D eigenvalue weighted by atomic mass is 10.1. The van der Waals surface area contributed by atoms with Crippen molar-refractivity contribution in [1.29, 1.82) is 0 Å². The van der Waals surface area contributed by atoms with Crippen LogP contribution in [-0.4, -0.2) is 22.9 Å². The predicted octanol–water partition coefficient (Wildman–Crippen LogP) is 1.44. The van der Waals surface area contributed by atoms with Gasteiger partial charge in [0.15, 0.2) is 0 Å². The summed E-state index contributed by atoms with van der Waals surface area (Å²) in [5.74, 6) is 0. The van der Waals surface area contributed by atoms with Crippen molar-refractivity contribution >= 4 is 5.57 Å². The van der Waals surface area contributed by atoms with Gasteiger partial charge in [-0.2, -0.15) is 0 Å². The van der Waals surface area contributed by atoms with Crippen molar-refractivity contribution in [2.45, 2.75) is 13.0 Å². The number of aliphatic hydroxyl groups excluding tert-OH is 2. The lowest BCUT2D eigenvalue weighted by Gasteiger charge is -2.04. The zero-order valence-electron chi connectivity index (χ0n) is 7.64. The molecule has 0 spiro atoms. The van der Waals surface area contributed by atoms with Gasteiger partial charge in [-0.25, -0.2) is 0 Å². The van der Waals surface area contributed by atoms with Gasteiger partial charge in [0.1, 0.15) is 0 Å². The first-order valence-corrected chi connectivity index (χ1v) is 4.27. The van der Waals surface area contributed by atoms with Crippen LogP contribution in [0.4, 0.5) is 0 Å². The first-order valence-electron chi connectivity index (χ1n) is 4.27. The molecular formula is C11H14O2. The summed E-state index contributed by atoms with van der Waals surface area (Å²) in [6, 6.07) is 9.76. The maximum atomic E-state index is 9.16. The van der Waals surface area contributed by atoms with Crippen LogP contribution in [0.3, 0.4) is 0 Å². The average Bonchev–Trinajstić information content (AvgIpc) is 2.19. The van der Waals surface area contributed by atoms with E-state index in [2.05, 4.69) is 0 Å². The molecule has 0 aliphatic carbocycles. The molecule has 0 aromatic heterocycles. The minimum Gasteiger partial charge on any atom is -0.393 e. The third-order valence-corrected chi connectivity index (χ3v) is 1.86. The Hall–Kier alpha value is -1.12. The molecule has 2 N–H and O–H groups in total. The van der Waals surface area contributed by atoms with E-state index < -0.39 is 6.10 Å². The molecule has 13 heavy (non-hydrogen) atoms. The quantitative estimate of drug-likeness (QED) is 0.735. The lowest BCUT2D eigenvalue weighted by Crippen LogP contribution is -2.08. The van der Waals surface area contributed by atoms with Crippen molar-refractivity contribution < 1.29 is 10.2 Å². The Morgan fingerprint density at radius 3 is 2.54 bits per heavy atom. The molecule has 1 aromatic rings. The smallest absolute Gasteiger partial charge is 0.0957 e. The Bertz CT molecular complexity index is 277. The summed E-state index contributed by atoms with van der Waals surface area (Å²) in [7, 11) is 0. The fourth-order valence-corrected chi connectivity index (χ4v) is 1.14. The molecule has 1 atom stereocenters. The summed E-state index contributed by atoms with van der Waals surface area (Å²) in [5, 5.41) is 17.8. The number of hydrogen-bond donors (Lipinski definition) is 2. The van der Waals surface area contributed by atoms with Crippen molar-refractivity contribution in [3.05, 3.63) is 42.0 Å². The SMILES string of the molecule is C/C(=C/C(O)CO)c1ccccc1. The summed E-state index contributed by atoms with van der Waals surface area (Å²) in [6.45, 7) is 1.68. The Kier molecular flexibility index (Phi) is 3.68. The molecule has 0 heterocycles. The molecular weight excluding hydrogens is 164 g/mol. The van der Waals surface area contributed by atoms with Gasteiger partial charge in [0, 0.05) is 0 Å². The van der Waals surface area contributed by atoms with Gasteiger partial charge in [0.2, 0.25) is 0 Å². The standard InChI is InChI=1S/C11H14O2/c1-9(7-11(13)8-12)10-5-3-2-4-6-10/h2-7,11-13H,8H2,1H3/b9-7-. The average molecular weight is 178 g/mol. The maximum absolute atomic E-state index is 9.16. The predicted molar refractivity (Wildman–Crippen MR) is 53.2 cm³/mol. The zero-order valence-corrected chi connectivity index (χ0v) is 7.64. The molecule has 0 aliphatic rings. The van der Waals surface area contributed by atoms with E-state index in [-0.39, 0.29) is 6.61 Å². The van der Waals surface area contributed by atoms with Crippen molar-refractivity contribution in [1.82, 2.24) is 0 Å². The van der Waals surface area contributed by atoms with Gasteiger partial charge in [-0.15, -0.1) is 0 Å². The van der Waals surface area contributed by atoms with E-state index >= 15 is 0 Å². The second kappa shape index (κ2) is 4.80. The molecule has 0 bridgehead atoms. The molecule has 0 amide bonds. The van der Waals surface area contributed by atoms with Crippen LogP contribution in [0.1, 0.15) is 12.5 Å². The van der Waals surface area contributed by atoms with Crippen LogP contribution in [0.5, 0.6) is 0 Å². The second-order valence-corrected chi connectivity index (χ2v) is 2.97. The van der Waals surface area contributed by atoms with Gasteiger partial charge in [-0.3, -0.25) is 0 Å². The van der Waals surface area contributed by atoms with Crippen LogP contribution in [-0.2, 0) is 0 Å². The highest BCUT2D eigenvalue weighted by Crippen LogP contribution is 2.13. The Morgan fingerprint density at radius 2 is 2.00 bits per heavy atom. The molecule has 0 saturated carbocycles. The van der Waals surface area contributed by atoms with Crippen LogP contribution >= 0.6 is 0 Å². The van der Waals surface area contributed by atoms with Gasteiger partial charge in [0.05, 0.1) is 12.7 Å². The monoisotopic (exact) mass is 178 g/mol. The highest BCUT2D eigenvalue weighted by molar-refractivity contribution is 5.63. The van der Waals surface area contributed by atoms with Crippen molar-refractivity contribution in [3.8, 4) is 0 Å². The van der Waals surface area contributed by atoms with E-state index in [0.717, 1.165) is 11.1 Å². The van der Waals surface area contributed by atoms with E-state index in [9.17, 15) is 0 Å². The molecule has 0 aliphatic heterocycles. The first-order chi connectivity index (χ1) is 6.24. The third-order valence-electron chi connectivity index (χ3n) is 1.86. The van der Waals surface area contributed by atoms with Crippen LogP contribution in [0.15, 0.2) is 36.4 Å². The molecule has 0 fully saturated rings. The highest BCUT2D eigenvalue weighted by Gasteiger charge is 1.99. The number of hydrogen-bond acceptors (Lipinski definition) is 2. The summed E-state index contributed by atoms with van der Waals surface area (Å²) in [4.78, 5) is 0. The zero-order chi connectivity index (χ0) is 9.68. The van der Waals surface area contributed by atoms with Gasteiger partial charge >= 0.3 is 0 Å². The van der Waals surface area contributed by atoms with E-state index in [1.54, 1.807) is 6.08 Å². The van der Waals surface area contributed by atoms with Crippen LogP contribution in [0.25, 0.3) is 5.57 Å². The topological polar surface area (TPSA) is 40.5 Å². The van der Waals surface area contributed by atoms with Gasteiger partial charge < -0.3 is 10.2 Å². The Balaban J connectivity index is 2.79. The Morgan fingerprint density at radius 1 is 1.38 bits per heavy atom. The first kappa shape index (κ1) is 9.96. The van der Waals surface area contributed by atoms with E-state index in [1.165, 1.54) is 0 Å². The van der Waals surface area contributed by atoms with Crippen LogP contribution in [0.2, 0.25) is 0 Å². The van der Waals surface area contributed by atoms with Gasteiger partial charge in [0.25, 0.3) is 0 Å². The van der Waals surface area contributed by atoms with Gasteiger partial charge in [-0.05, 0) is 18.1 Å². The number of benzene rings is 1. The van der Waals surface area contributed by atoms with E-state index in [4.69, 9.17) is 10.2 Å². The summed E-state index contributed by atoms with van der Waals surface area (Å²) in [5.41, 5.74) is 2.04. The molecule has 1 rings (SSSR count). The van der Waals surface area contributed by atoms with E-state index in [1.807, 2.05) is 37.3 Å². The lowest BCUT2D eigenvalue weighted by molar-refractivity contribution is 0.131. The van der Waals surface area contributed by atoms with Crippen LogP contribution < -0.4 is 0 Å². The van der Waals surface area contributed by atoms with Crippen LogP contribution in [0, 0.1) is 0 Å². The molecule has 0 radical (unpaired) electrons. The maximum Gasteiger partial charge on any atom is 0.0957 e. The number of allylic oxidation sites excluding steroid dienone is 1. The largest absolute Gasteiger partial charge is 0.393 e. The summed E-state index contributed by atoms with van der Waals surface area (Å²) >= 11 is 0. The summed E-state index contributed by atoms with van der Waals surface area (Å²) in [6.07, 6.45) is 0.884. The minimum absolute atomic E-state index is 0.232. The normalized spacial score (nSPS) is 14.2. The molecule has 1 unspecified atom stereocenters. The number of rotatable bonds is 3. The molecule has 0 saturated heterocycles. The molecule has 1 aromatic carbocycles. The van der Waals surface area contributed by atoms with Crippen molar-refractivity contribution in [2.24, 2.45) is 0 Å². The molecule has 2 nitrogen and oxygen atoms in total. The fourth-order valence-electron chi connectivity index (χ4n) is 1.14. The Labute approximate surface area is 78.2 Å². The molecule has 70 valence electrons. The summed E-state index contributed by atoms with van der Waals surface area (Å²) < 4.78 is 0. The highest BCUT2D eigenvalue weighted by atomic mass is 16.3. The van der Waals surface area contributed by atoms with Crippen molar-refractivity contribution in [3.63, 3.8) is 0 Å². The van der Waals surface area contributed by atoms with Gasteiger partial charge in [-0.1, -0.05) is 36.4 Å².